The van der Waals surface area contributed by atoms with Gasteiger partial charge in [-0.3, -0.25) is 9.59 Å². The first-order valence-corrected chi connectivity index (χ1v) is 9.64. The summed E-state index contributed by atoms with van der Waals surface area (Å²) in [7, 11) is 3.13. The van der Waals surface area contributed by atoms with Crippen LogP contribution in [-0.4, -0.2) is 45.0 Å². The van der Waals surface area contributed by atoms with Gasteiger partial charge in [0.1, 0.15) is 23.2 Å². The minimum Gasteiger partial charge on any atom is -0.497 e. The van der Waals surface area contributed by atoms with Crippen LogP contribution in [0.4, 0.5) is 0 Å². The molecule has 1 aliphatic heterocycles. The molecule has 31 heavy (non-hydrogen) atoms. The first-order valence-electron chi connectivity index (χ1n) is 9.64. The molecular weight excluding hydrogens is 396 g/mol. The Morgan fingerprint density at radius 1 is 1.06 bits per heavy atom. The number of rotatable bonds is 7. The molecule has 2 N–H and O–H groups in total. The second-order valence-corrected chi connectivity index (χ2v) is 6.63. The number of amides is 2. The average Bonchev–Trinajstić information content (AvgIpc) is 3.15. The molecule has 2 aromatic rings. The summed E-state index contributed by atoms with van der Waals surface area (Å²) < 4.78 is 10.1. The van der Waals surface area contributed by atoms with Crippen LogP contribution in [0.5, 0.6) is 5.75 Å². The average molecular weight is 418 g/mol. The Labute approximate surface area is 180 Å². The van der Waals surface area contributed by atoms with Crippen LogP contribution < -0.4 is 15.4 Å². The molecule has 2 amide bonds. The molecule has 0 radical (unpaired) electrons. The van der Waals surface area contributed by atoms with Crippen molar-refractivity contribution in [3.05, 3.63) is 70.8 Å². The Morgan fingerprint density at radius 3 is 2.42 bits per heavy atom. The number of nitrogens with one attached hydrogen (secondary N) is 2. The first kappa shape index (κ1) is 21.7. The maximum atomic E-state index is 12.7. The van der Waals surface area contributed by atoms with Crippen LogP contribution in [0.2, 0.25) is 0 Å². The van der Waals surface area contributed by atoms with Gasteiger partial charge in [0, 0.05) is 37.0 Å². The number of fused-ring (bicyclic) bond motifs is 1. The summed E-state index contributed by atoms with van der Waals surface area (Å²) in [6, 6.07) is 15.7. The number of carbonyl (C=O) groups is 2. The second kappa shape index (κ2) is 10.2. The van der Waals surface area contributed by atoms with Gasteiger partial charge < -0.3 is 20.1 Å². The Morgan fingerprint density at radius 2 is 1.77 bits per heavy atom. The maximum absolute atomic E-state index is 12.7. The number of carbonyl (C=O) groups excluding carboxylic acids is 2. The Hall–Kier alpha value is -3.96. The summed E-state index contributed by atoms with van der Waals surface area (Å²) in [5.74, 6) is 0.0433. The minimum atomic E-state index is -0.519. The molecule has 0 saturated heterocycles. The number of nitrogens with zero attached hydrogens (tertiary/aromatic N) is 2. The molecule has 0 aromatic heterocycles. The molecule has 158 valence electrons. The zero-order chi connectivity index (χ0) is 22.2. The molecule has 3 rings (SSSR count). The van der Waals surface area contributed by atoms with Gasteiger partial charge in [-0.1, -0.05) is 24.3 Å². The quantitative estimate of drug-likeness (QED) is 0.407. The fourth-order valence-electron chi connectivity index (χ4n) is 3.05. The van der Waals surface area contributed by atoms with Crippen molar-refractivity contribution in [2.24, 2.45) is 4.99 Å². The van der Waals surface area contributed by atoms with E-state index in [2.05, 4.69) is 15.6 Å². The largest absolute Gasteiger partial charge is 0.497 e. The number of nitriles is 1. The highest BCUT2D eigenvalue weighted by molar-refractivity contribution is 6.20. The number of hydrogen-bond acceptors (Lipinski definition) is 6. The lowest BCUT2D eigenvalue weighted by atomic mass is 10.0. The molecule has 8 heteroatoms. The monoisotopic (exact) mass is 418 g/mol. The zero-order valence-electron chi connectivity index (χ0n) is 17.3. The Kier molecular flexibility index (Phi) is 7.14. The lowest BCUT2D eigenvalue weighted by Gasteiger charge is -2.07. The normalized spacial score (nSPS) is 13.5. The van der Waals surface area contributed by atoms with E-state index in [0.29, 0.717) is 42.0 Å². The molecule has 2 aromatic carbocycles. The molecule has 1 aliphatic rings. The van der Waals surface area contributed by atoms with Crippen molar-refractivity contribution < 1.29 is 19.1 Å². The Bertz CT molecular complexity index is 1080. The van der Waals surface area contributed by atoms with Crippen LogP contribution in [0.3, 0.4) is 0 Å². The number of aliphatic imine (C=N–C) groups is 1. The molecule has 8 nitrogen and oxygen atoms in total. The van der Waals surface area contributed by atoms with Crippen LogP contribution in [0.15, 0.2) is 59.1 Å². The highest BCUT2D eigenvalue weighted by Gasteiger charge is 2.27. The van der Waals surface area contributed by atoms with Gasteiger partial charge in [-0.15, -0.1) is 0 Å². The number of methoxy groups -OCH3 is 2. The fraction of sp³-hybridized carbons (Fsp3) is 0.217. The van der Waals surface area contributed by atoms with E-state index < -0.39 is 5.91 Å². The van der Waals surface area contributed by atoms with E-state index in [-0.39, 0.29) is 23.0 Å². The van der Waals surface area contributed by atoms with Gasteiger partial charge >= 0.3 is 0 Å². The number of amidine groups is 1. The van der Waals surface area contributed by atoms with Crippen molar-refractivity contribution in [3.63, 3.8) is 0 Å². The molecule has 0 atom stereocenters. The Balaban J connectivity index is 1.88. The topological polar surface area (TPSA) is 113 Å². The maximum Gasteiger partial charge on any atom is 0.264 e. The number of benzene rings is 2. The molecular formula is C23H22N4O4. The van der Waals surface area contributed by atoms with Crippen molar-refractivity contribution in [2.75, 3.05) is 27.4 Å². The number of hydrogen-bond donors (Lipinski definition) is 2. The first-order chi connectivity index (χ1) is 15.1. The third-order valence-corrected chi connectivity index (χ3v) is 4.63. The van der Waals surface area contributed by atoms with Crippen LogP contribution in [0.25, 0.3) is 5.70 Å². The standard InChI is InChI=1S/C23H22N4O4/c1-30-13-5-12-25-23(29)19(14-24)20-17-6-3-4-7-18(17)21(26-20)27-22(28)15-8-10-16(31-2)11-9-15/h3-4,6-11H,5,12-13H2,1-2H3,(H,25,29)(H,26,27,28)/b20-19-. The lowest BCUT2D eigenvalue weighted by Crippen LogP contribution is -2.30. The van der Waals surface area contributed by atoms with E-state index in [0.717, 1.165) is 0 Å². The van der Waals surface area contributed by atoms with Crippen molar-refractivity contribution in [1.29, 1.82) is 5.26 Å². The second-order valence-electron chi connectivity index (χ2n) is 6.63. The van der Waals surface area contributed by atoms with Gasteiger partial charge in [0.25, 0.3) is 11.8 Å². The smallest absolute Gasteiger partial charge is 0.264 e. The predicted molar refractivity (Wildman–Crippen MR) is 115 cm³/mol. The molecule has 0 bridgehead atoms. The highest BCUT2D eigenvalue weighted by Crippen LogP contribution is 2.30. The van der Waals surface area contributed by atoms with Gasteiger partial charge in [-0.2, -0.15) is 5.26 Å². The van der Waals surface area contributed by atoms with Crippen LogP contribution in [-0.2, 0) is 9.53 Å². The van der Waals surface area contributed by atoms with Crippen molar-refractivity contribution in [2.45, 2.75) is 6.42 Å². The van der Waals surface area contributed by atoms with Crippen molar-refractivity contribution >= 4 is 23.3 Å². The summed E-state index contributed by atoms with van der Waals surface area (Å²) in [4.78, 5) is 29.7. The molecule has 0 fully saturated rings. The van der Waals surface area contributed by atoms with Crippen molar-refractivity contribution in [3.8, 4) is 11.8 Å². The van der Waals surface area contributed by atoms with Gasteiger partial charge in [-0.05, 0) is 30.7 Å². The summed E-state index contributed by atoms with van der Waals surface area (Å²) in [5.41, 5.74) is 1.79. The van der Waals surface area contributed by atoms with E-state index in [9.17, 15) is 14.9 Å². The lowest BCUT2D eigenvalue weighted by molar-refractivity contribution is -0.117. The van der Waals surface area contributed by atoms with Crippen molar-refractivity contribution in [1.82, 2.24) is 10.6 Å². The molecule has 0 saturated carbocycles. The van der Waals surface area contributed by atoms with Gasteiger partial charge in [-0.25, -0.2) is 4.99 Å². The third kappa shape index (κ3) is 4.97. The molecule has 0 aliphatic carbocycles. The summed E-state index contributed by atoms with van der Waals surface area (Å²) in [6.07, 6.45) is 0.624. The third-order valence-electron chi connectivity index (χ3n) is 4.63. The van der Waals surface area contributed by atoms with E-state index in [1.807, 2.05) is 6.07 Å². The molecule has 0 unspecified atom stereocenters. The van der Waals surface area contributed by atoms with E-state index in [1.165, 1.54) is 0 Å². The summed E-state index contributed by atoms with van der Waals surface area (Å²) in [5, 5.41) is 15.1. The van der Waals surface area contributed by atoms with Gasteiger partial charge in [0.05, 0.1) is 12.8 Å². The molecule has 1 heterocycles. The summed E-state index contributed by atoms with van der Waals surface area (Å²) >= 11 is 0. The fourth-order valence-corrected chi connectivity index (χ4v) is 3.05. The van der Waals surface area contributed by atoms with E-state index >= 15 is 0 Å². The van der Waals surface area contributed by atoms with Crippen LogP contribution >= 0.6 is 0 Å². The van der Waals surface area contributed by atoms with Gasteiger partial charge in [0.15, 0.2) is 0 Å². The highest BCUT2D eigenvalue weighted by atomic mass is 16.5. The molecule has 0 spiro atoms. The predicted octanol–water partition coefficient (Wildman–Crippen LogP) is 2.27. The van der Waals surface area contributed by atoms with E-state index in [4.69, 9.17) is 9.47 Å². The zero-order valence-corrected chi connectivity index (χ0v) is 17.3. The summed E-state index contributed by atoms with van der Waals surface area (Å²) in [6.45, 7) is 0.874. The van der Waals surface area contributed by atoms with Crippen LogP contribution in [0.1, 0.15) is 27.9 Å². The number of ether oxygens (including phenoxy) is 2. The van der Waals surface area contributed by atoms with Gasteiger partial charge in [0.2, 0.25) is 0 Å². The SMILES string of the molecule is COCCCNC(=O)/C(C#N)=C1\N=C(NC(=O)c2ccc(OC)cc2)c2ccccc21. The van der Waals surface area contributed by atoms with E-state index in [1.54, 1.807) is 62.8 Å². The van der Waals surface area contributed by atoms with Crippen LogP contribution in [0, 0.1) is 11.3 Å². The minimum absolute atomic E-state index is 0.112.